The first-order chi connectivity index (χ1) is 11.3. The highest BCUT2D eigenvalue weighted by Gasteiger charge is 2.35. The highest BCUT2D eigenvalue weighted by atomic mass is 32.1. The molecule has 6 nitrogen and oxygen atoms in total. The number of pyridine rings is 1. The van der Waals surface area contributed by atoms with Crippen LogP contribution in [0.3, 0.4) is 0 Å². The topological polar surface area (TPSA) is 72.1 Å². The van der Waals surface area contributed by atoms with Crippen molar-refractivity contribution in [3.05, 3.63) is 52.7 Å². The number of carbonyl (C=O) groups is 1. The van der Waals surface area contributed by atoms with Crippen LogP contribution in [0.2, 0.25) is 0 Å². The second-order valence-electron chi connectivity index (χ2n) is 5.42. The number of aromatic nitrogens is 3. The van der Waals surface area contributed by atoms with E-state index in [4.69, 9.17) is 4.52 Å². The fourth-order valence-corrected chi connectivity index (χ4v) is 3.21. The summed E-state index contributed by atoms with van der Waals surface area (Å²) in [6.07, 6.45) is 2.16. The summed E-state index contributed by atoms with van der Waals surface area (Å²) >= 11 is 1.61. The summed E-state index contributed by atoms with van der Waals surface area (Å²) in [6.45, 7) is 1.27. The molecule has 3 aromatic heterocycles. The molecule has 0 bridgehead atoms. The smallest absolute Gasteiger partial charge is 0.233 e. The second kappa shape index (κ2) is 5.92. The van der Waals surface area contributed by atoms with Gasteiger partial charge < -0.3 is 9.42 Å². The summed E-state index contributed by atoms with van der Waals surface area (Å²) in [7, 11) is 0. The molecule has 0 unspecified atom stereocenters. The molecule has 0 radical (unpaired) electrons. The molecule has 3 aromatic rings. The lowest BCUT2D eigenvalue weighted by Crippen LogP contribution is -2.49. The molecule has 1 aliphatic heterocycles. The molecule has 4 rings (SSSR count). The van der Waals surface area contributed by atoms with Gasteiger partial charge in [0.05, 0.1) is 12.3 Å². The van der Waals surface area contributed by atoms with E-state index in [1.165, 1.54) is 0 Å². The van der Waals surface area contributed by atoms with Crippen LogP contribution in [-0.2, 0) is 11.2 Å². The van der Waals surface area contributed by atoms with Gasteiger partial charge in [-0.3, -0.25) is 9.78 Å². The number of thiophene rings is 1. The Balaban J connectivity index is 1.37. The minimum atomic E-state index is 0.118. The SMILES string of the molecule is O=C(Cc1cccs1)N1CC(c2nc(-c3ccccn3)no2)C1. The monoisotopic (exact) mass is 326 g/mol. The van der Waals surface area contributed by atoms with Crippen molar-refractivity contribution < 1.29 is 9.32 Å². The van der Waals surface area contributed by atoms with Crippen LogP contribution in [0.25, 0.3) is 11.5 Å². The first-order valence-corrected chi connectivity index (χ1v) is 8.23. The Morgan fingerprint density at radius 2 is 2.22 bits per heavy atom. The summed E-state index contributed by atoms with van der Waals surface area (Å²) in [5.74, 6) is 1.33. The van der Waals surface area contributed by atoms with E-state index in [0.717, 1.165) is 4.88 Å². The van der Waals surface area contributed by atoms with E-state index in [0.29, 0.717) is 36.9 Å². The number of hydrogen-bond donors (Lipinski definition) is 0. The molecular formula is C16H14N4O2S. The summed E-state index contributed by atoms with van der Waals surface area (Å²) < 4.78 is 5.32. The third kappa shape index (κ3) is 2.87. The Hall–Kier alpha value is -2.54. The van der Waals surface area contributed by atoms with Gasteiger partial charge in [0.15, 0.2) is 0 Å². The van der Waals surface area contributed by atoms with Crippen LogP contribution in [0, 0.1) is 0 Å². The minimum Gasteiger partial charge on any atom is -0.341 e. The molecule has 1 amide bonds. The lowest BCUT2D eigenvalue weighted by atomic mass is 9.99. The molecule has 1 aliphatic rings. The molecule has 0 aliphatic carbocycles. The Kier molecular flexibility index (Phi) is 3.63. The molecule has 0 spiro atoms. The molecule has 1 saturated heterocycles. The molecule has 7 heteroatoms. The summed E-state index contributed by atoms with van der Waals surface area (Å²) in [6, 6.07) is 9.51. The van der Waals surface area contributed by atoms with Gasteiger partial charge in [0.25, 0.3) is 0 Å². The average molecular weight is 326 g/mol. The molecule has 0 saturated carbocycles. The van der Waals surface area contributed by atoms with Crippen molar-refractivity contribution in [2.75, 3.05) is 13.1 Å². The Labute approximate surface area is 136 Å². The van der Waals surface area contributed by atoms with Crippen LogP contribution in [-0.4, -0.2) is 39.0 Å². The molecule has 0 aromatic carbocycles. The quantitative estimate of drug-likeness (QED) is 0.736. The van der Waals surface area contributed by atoms with E-state index < -0.39 is 0 Å². The van der Waals surface area contributed by atoms with Crippen molar-refractivity contribution in [2.24, 2.45) is 0 Å². The Bertz CT molecular complexity index is 795. The van der Waals surface area contributed by atoms with Crippen LogP contribution >= 0.6 is 11.3 Å². The molecule has 1 fully saturated rings. The zero-order chi connectivity index (χ0) is 15.6. The average Bonchev–Trinajstić information content (AvgIpc) is 3.18. The van der Waals surface area contributed by atoms with Gasteiger partial charge in [-0.05, 0) is 23.6 Å². The molecule has 0 N–H and O–H groups in total. The molecule has 116 valence electrons. The van der Waals surface area contributed by atoms with Crippen molar-refractivity contribution in [1.29, 1.82) is 0 Å². The van der Waals surface area contributed by atoms with Crippen molar-refractivity contribution in [3.8, 4) is 11.5 Å². The van der Waals surface area contributed by atoms with Crippen molar-refractivity contribution in [1.82, 2.24) is 20.0 Å². The van der Waals surface area contributed by atoms with Gasteiger partial charge in [-0.1, -0.05) is 17.3 Å². The largest absolute Gasteiger partial charge is 0.341 e. The zero-order valence-corrected chi connectivity index (χ0v) is 13.1. The van der Waals surface area contributed by atoms with Crippen molar-refractivity contribution >= 4 is 17.2 Å². The fourth-order valence-electron chi connectivity index (χ4n) is 2.51. The van der Waals surface area contributed by atoms with Gasteiger partial charge >= 0.3 is 0 Å². The predicted octanol–water partition coefficient (Wildman–Crippen LogP) is 2.36. The Morgan fingerprint density at radius 1 is 1.30 bits per heavy atom. The van der Waals surface area contributed by atoms with Gasteiger partial charge in [0.1, 0.15) is 5.69 Å². The third-order valence-electron chi connectivity index (χ3n) is 3.82. The van der Waals surface area contributed by atoms with Gasteiger partial charge in [-0.2, -0.15) is 4.98 Å². The number of hydrogen-bond acceptors (Lipinski definition) is 6. The number of nitrogens with zero attached hydrogens (tertiary/aromatic N) is 4. The van der Waals surface area contributed by atoms with Crippen LogP contribution in [0.4, 0.5) is 0 Å². The van der Waals surface area contributed by atoms with Crippen LogP contribution in [0.15, 0.2) is 46.4 Å². The number of carbonyl (C=O) groups excluding carboxylic acids is 1. The Morgan fingerprint density at radius 3 is 2.96 bits per heavy atom. The number of amides is 1. The predicted molar refractivity (Wildman–Crippen MR) is 84.9 cm³/mol. The first-order valence-electron chi connectivity index (χ1n) is 7.35. The maximum atomic E-state index is 12.2. The standard InChI is InChI=1S/C16H14N4O2S/c21-14(8-12-4-3-7-23-12)20-9-11(10-20)16-18-15(19-22-16)13-5-1-2-6-17-13/h1-7,11H,8-10H2. The van der Waals surface area contributed by atoms with E-state index in [1.807, 2.05) is 40.6 Å². The van der Waals surface area contributed by atoms with Gasteiger partial charge in [-0.15, -0.1) is 11.3 Å². The number of likely N-dealkylation sites (tertiary alicyclic amines) is 1. The highest BCUT2D eigenvalue weighted by molar-refractivity contribution is 7.10. The minimum absolute atomic E-state index is 0.118. The normalized spacial score (nSPS) is 14.7. The fraction of sp³-hybridized carbons (Fsp3) is 0.250. The van der Waals surface area contributed by atoms with Crippen molar-refractivity contribution in [3.63, 3.8) is 0 Å². The van der Waals surface area contributed by atoms with E-state index >= 15 is 0 Å². The number of rotatable bonds is 4. The van der Waals surface area contributed by atoms with E-state index in [9.17, 15) is 4.79 Å². The van der Waals surface area contributed by atoms with Crippen molar-refractivity contribution in [2.45, 2.75) is 12.3 Å². The van der Waals surface area contributed by atoms with Gasteiger partial charge in [-0.25, -0.2) is 0 Å². The summed E-state index contributed by atoms with van der Waals surface area (Å²) in [5, 5.41) is 5.95. The first kappa shape index (κ1) is 14.1. The summed E-state index contributed by atoms with van der Waals surface area (Å²) in [5.41, 5.74) is 0.687. The van der Waals surface area contributed by atoms with Crippen LogP contribution in [0.1, 0.15) is 16.7 Å². The lowest BCUT2D eigenvalue weighted by Gasteiger charge is -2.37. The van der Waals surface area contributed by atoms with Gasteiger partial charge in [0, 0.05) is 24.2 Å². The van der Waals surface area contributed by atoms with Crippen LogP contribution in [0.5, 0.6) is 0 Å². The van der Waals surface area contributed by atoms with E-state index in [2.05, 4.69) is 15.1 Å². The molecule has 4 heterocycles. The molecule has 0 atom stereocenters. The molecule has 23 heavy (non-hydrogen) atoms. The maximum Gasteiger partial charge on any atom is 0.233 e. The van der Waals surface area contributed by atoms with E-state index in [1.54, 1.807) is 17.5 Å². The van der Waals surface area contributed by atoms with Gasteiger partial charge in [0.2, 0.25) is 17.6 Å². The van der Waals surface area contributed by atoms with Crippen LogP contribution < -0.4 is 0 Å². The third-order valence-corrected chi connectivity index (χ3v) is 4.70. The zero-order valence-electron chi connectivity index (χ0n) is 12.3. The van der Waals surface area contributed by atoms with E-state index in [-0.39, 0.29) is 11.8 Å². The second-order valence-corrected chi connectivity index (χ2v) is 6.46. The lowest BCUT2D eigenvalue weighted by molar-refractivity contribution is -0.135. The highest BCUT2D eigenvalue weighted by Crippen LogP contribution is 2.28. The maximum absolute atomic E-state index is 12.2. The summed E-state index contributed by atoms with van der Waals surface area (Å²) in [4.78, 5) is 23.7. The molecular weight excluding hydrogens is 312 g/mol.